The molecule has 0 aliphatic heterocycles. The minimum absolute atomic E-state index is 0. The number of rotatable bonds is 2. The summed E-state index contributed by atoms with van der Waals surface area (Å²) in [5.74, 6) is 0. The predicted octanol–water partition coefficient (Wildman–Crippen LogP) is 2.50. The third-order valence-electron chi connectivity index (χ3n) is 0.992. The van der Waals surface area contributed by atoms with E-state index in [1.807, 2.05) is 19.9 Å². The molecular formula is C8H11Y-. The van der Waals surface area contributed by atoms with Crippen LogP contribution >= 0.6 is 0 Å². The van der Waals surface area contributed by atoms with E-state index in [-0.39, 0.29) is 32.7 Å². The smallest absolute Gasteiger partial charge is 0 e. The summed E-state index contributed by atoms with van der Waals surface area (Å²) in [5, 5.41) is 0. The van der Waals surface area contributed by atoms with E-state index in [2.05, 4.69) is 19.2 Å². The molecule has 0 atom stereocenters. The van der Waals surface area contributed by atoms with E-state index in [0.717, 1.165) is 11.1 Å². The summed E-state index contributed by atoms with van der Waals surface area (Å²) < 4.78 is 0. The van der Waals surface area contributed by atoms with E-state index in [4.69, 9.17) is 0 Å². The van der Waals surface area contributed by atoms with Crippen molar-refractivity contribution < 1.29 is 32.7 Å². The molecule has 0 spiro atoms. The van der Waals surface area contributed by atoms with E-state index >= 15 is 0 Å². The first-order valence-corrected chi connectivity index (χ1v) is 2.53. The van der Waals surface area contributed by atoms with Crippen LogP contribution in [0.5, 0.6) is 0 Å². The molecule has 0 rings (SSSR count). The van der Waals surface area contributed by atoms with Crippen molar-refractivity contribution in [1.29, 1.82) is 0 Å². The fraction of sp³-hybridized carbons (Fsp3) is 0.250. The van der Waals surface area contributed by atoms with Gasteiger partial charge in [-0.15, -0.1) is 19.1 Å². The first-order valence-electron chi connectivity index (χ1n) is 2.53. The van der Waals surface area contributed by atoms with Gasteiger partial charge in [-0.1, -0.05) is 6.92 Å². The molecule has 0 saturated carbocycles. The van der Waals surface area contributed by atoms with Gasteiger partial charge in [-0.25, -0.2) is 6.08 Å². The molecule has 0 unspecified atom stereocenters. The summed E-state index contributed by atoms with van der Waals surface area (Å²) in [6, 6.07) is 0. The molecule has 0 nitrogen and oxygen atoms in total. The molecule has 0 bridgehead atoms. The zero-order chi connectivity index (χ0) is 6.57. The average molecular weight is 196 g/mol. The van der Waals surface area contributed by atoms with Gasteiger partial charge in [0.2, 0.25) is 0 Å². The summed E-state index contributed by atoms with van der Waals surface area (Å²) in [5.41, 5.74) is 2.21. The fourth-order valence-electron chi connectivity index (χ4n) is 0.276. The maximum Gasteiger partial charge on any atom is 0 e. The van der Waals surface area contributed by atoms with Gasteiger partial charge >= 0.3 is 0 Å². The Morgan fingerprint density at radius 1 is 1.44 bits per heavy atom. The van der Waals surface area contributed by atoms with E-state index in [9.17, 15) is 0 Å². The van der Waals surface area contributed by atoms with Crippen LogP contribution in [-0.2, 0) is 32.7 Å². The molecule has 9 heavy (non-hydrogen) atoms. The maximum atomic E-state index is 3.74. The van der Waals surface area contributed by atoms with Crippen molar-refractivity contribution in [3.05, 3.63) is 36.5 Å². The molecule has 0 aromatic rings. The van der Waals surface area contributed by atoms with Crippen molar-refractivity contribution in [2.75, 3.05) is 0 Å². The largest absolute Gasteiger partial charge is 0.258 e. The van der Waals surface area contributed by atoms with Crippen LogP contribution in [0.25, 0.3) is 0 Å². The standard InChI is InChI=1S/C8H11.Y/c1-5-6-8(4)7(2)3;/h6H,1-2H2,3-4H3;/q-1;/b8-6-;. The van der Waals surface area contributed by atoms with Gasteiger partial charge in [0.25, 0.3) is 0 Å². The van der Waals surface area contributed by atoms with Crippen molar-refractivity contribution in [3.8, 4) is 0 Å². The molecule has 1 heteroatoms. The molecule has 1 radical (unpaired) electrons. The van der Waals surface area contributed by atoms with E-state index in [0.29, 0.717) is 0 Å². The number of hydrogen-bond acceptors (Lipinski definition) is 0. The Balaban J connectivity index is 0. The van der Waals surface area contributed by atoms with Gasteiger partial charge in [-0.05, 0) is 0 Å². The molecule has 0 saturated heterocycles. The normalized spacial score (nSPS) is 9.78. The van der Waals surface area contributed by atoms with Crippen molar-refractivity contribution >= 4 is 0 Å². The van der Waals surface area contributed by atoms with Crippen molar-refractivity contribution in [3.63, 3.8) is 0 Å². The van der Waals surface area contributed by atoms with Crippen LogP contribution in [0, 0.1) is 6.08 Å². The molecule has 0 aromatic heterocycles. The quantitative estimate of drug-likeness (QED) is 0.470. The van der Waals surface area contributed by atoms with Crippen LogP contribution in [0.3, 0.4) is 0 Å². The second kappa shape index (κ2) is 6.44. The summed E-state index contributed by atoms with van der Waals surface area (Å²) in [6.07, 6.45) is 4.50. The van der Waals surface area contributed by atoms with Gasteiger partial charge in [0.15, 0.2) is 0 Å². The zero-order valence-electron chi connectivity index (χ0n) is 6.07. The average Bonchev–Trinajstić information content (AvgIpc) is 1.67. The van der Waals surface area contributed by atoms with Crippen LogP contribution in [0.1, 0.15) is 13.8 Å². The SMILES string of the molecule is C=[C-]/C=C(/C)C(=C)C.[Y]. The van der Waals surface area contributed by atoms with Crippen molar-refractivity contribution in [1.82, 2.24) is 0 Å². The van der Waals surface area contributed by atoms with Gasteiger partial charge in [-0.3, -0.25) is 6.08 Å². The van der Waals surface area contributed by atoms with E-state index in [1.54, 1.807) is 0 Å². The minimum Gasteiger partial charge on any atom is -0.258 e. The number of allylic oxidation sites excluding steroid dienone is 4. The van der Waals surface area contributed by atoms with E-state index in [1.165, 1.54) is 0 Å². The maximum absolute atomic E-state index is 3.74. The van der Waals surface area contributed by atoms with Crippen LogP contribution in [-0.4, -0.2) is 0 Å². The van der Waals surface area contributed by atoms with Gasteiger partial charge in [-0.2, -0.15) is 12.2 Å². The molecule has 47 valence electrons. The van der Waals surface area contributed by atoms with Gasteiger partial charge in [0.1, 0.15) is 0 Å². The second-order valence-electron chi connectivity index (χ2n) is 1.81. The van der Waals surface area contributed by atoms with Crippen molar-refractivity contribution in [2.45, 2.75) is 13.8 Å². The summed E-state index contributed by atoms with van der Waals surface area (Å²) in [4.78, 5) is 0. The Morgan fingerprint density at radius 3 is 2.00 bits per heavy atom. The van der Waals surface area contributed by atoms with Gasteiger partial charge in [0.05, 0.1) is 0 Å². The van der Waals surface area contributed by atoms with Gasteiger partial charge < -0.3 is 0 Å². The molecule has 0 aromatic carbocycles. The monoisotopic (exact) mass is 196 g/mol. The summed E-state index contributed by atoms with van der Waals surface area (Å²) in [6.45, 7) is 11.1. The molecule has 0 aliphatic rings. The third kappa shape index (κ3) is 6.21. The Bertz CT molecular complexity index is 132. The molecule has 0 aliphatic carbocycles. The van der Waals surface area contributed by atoms with Gasteiger partial charge in [0, 0.05) is 32.7 Å². The Labute approximate surface area is 82.6 Å². The molecule has 0 fully saturated rings. The van der Waals surface area contributed by atoms with Crippen LogP contribution in [0.4, 0.5) is 0 Å². The van der Waals surface area contributed by atoms with Crippen molar-refractivity contribution in [2.24, 2.45) is 0 Å². The predicted molar refractivity (Wildman–Crippen MR) is 37.4 cm³/mol. The number of hydrogen-bond donors (Lipinski definition) is 0. The Morgan fingerprint density at radius 2 is 1.89 bits per heavy atom. The first kappa shape index (κ1) is 12.0. The first-order chi connectivity index (χ1) is 3.68. The summed E-state index contributed by atoms with van der Waals surface area (Å²) >= 11 is 0. The molecular weight excluding hydrogens is 185 g/mol. The van der Waals surface area contributed by atoms with Crippen LogP contribution in [0.15, 0.2) is 30.4 Å². The topological polar surface area (TPSA) is 0 Å². The van der Waals surface area contributed by atoms with E-state index < -0.39 is 0 Å². The minimum atomic E-state index is 0. The fourth-order valence-corrected chi connectivity index (χ4v) is 0.276. The zero-order valence-corrected chi connectivity index (χ0v) is 8.91. The van der Waals surface area contributed by atoms with Crippen LogP contribution in [0.2, 0.25) is 0 Å². The Hall–Kier alpha value is 0.324. The molecule has 0 heterocycles. The second-order valence-corrected chi connectivity index (χ2v) is 1.81. The summed E-state index contributed by atoms with van der Waals surface area (Å²) in [7, 11) is 0. The third-order valence-corrected chi connectivity index (χ3v) is 0.992. The molecule has 0 N–H and O–H groups in total. The van der Waals surface area contributed by atoms with Crippen LogP contribution < -0.4 is 0 Å². The Kier molecular flexibility index (Phi) is 8.62. The molecule has 0 amide bonds.